The number of thiophene rings is 1. The van der Waals surface area contributed by atoms with Crippen LogP contribution in [0.15, 0.2) is 26.9 Å². The van der Waals surface area contributed by atoms with Crippen LogP contribution in [0.5, 0.6) is 0 Å². The fourth-order valence-corrected chi connectivity index (χ4v) is 4.19. The van der Waals surface area contributed by atoms with E-state index in [0.717, 1.165) is 4.47 Å². The van der Waals surface area contributed by atoms with Crippen molar-refractivity contribution in [3.05, 3.63) is 38.8 Å². The van der Waals surface area contributed by atoms with Gasteiger partial charge in [0, 0.05) is 4.47 Å². The van der Waals surface area contributed by atoms with Crippen LogP contribution in [0, 0.1) is 13.8 Å². The summed E-state index contributed by atoms with van der Waals surface area (Å²) in [5.41, 5.74) is 1.05. The Labute approximate surface area is 134 Å². The third kappa shape index (κ3) is 3.42. The van der Waals surface area contributed by atoms with Crippen LogP contribution in [0.3, 0.4) is 0 Å². The number of aryl methyl sites for hydroxylation is 2. The number of carboxylic acids is 1. The van der Waals surface area contributed by atoms with Gasteiger partial charge in [-0.15, -0.1) is 11.3 Å². The molecule has 0 bridgehead atoms. The lowest BCUT2D eigenvalue weighted by Gasteiger charge is -2.06. The van der Waals surface area contributed by atoms with Crippen LogP contribution < -0.4 is 4.72 Å². The molecule has 0 saturated heterocycles. The Balaban J connectivity index is 2.36. The highest BCUT2D eigenvalue weighted by molar-refractivity contribution is 9.10. The van der Waals surface area contributed by atoms with Gasteiger partial charge in [0.1, 0.15) is 14.9 Å². The van der Waals surface area contributed by atoms with E-state index in [4.69, 9.17) is 5.11 Å². The number of halogens is 1. The van der Waals surface area contributed by atoms with E-state index in [2.05, 4.69) is 25.6 Å². The second-order valence-corrected chi connectivity index (χ2v) is 8.07. The first-order valence-electron chi connectivity index (χ1n) is 5.70. The van der Waals surface area contributed by atoms with Crippen LogP contribution in [0.1, 0.15) is 20.9 Å². The summed E-state index contributed by atoms with van der Waals surface area (Å²) in [5.74, 6) is -0.963. The summed E-state index contributed by atoms with van der Waals surface area (Å²) < 4.78 is 27.5. The number of hydrogen-bond acceptors (Lipinski definition) is 5. The molecule has 0 aliphatic carbocycles. The summed E-state index contributed by atoms with van der Waals surface area (Å²) in [7, 11) is -3.85. The molecular weight excluding hydrogens is 380 g/mol. The monoisotopic (exact) mass is 390 g/mol. The molecule has 2 rings (SSSR count). The first-order valence-corrected chi connectivity index (χ1v) is 8.79. The number of sulfonamides is 1. The normalized spacial score (nSPS) is 11.4. The van der Waals surface area contributed by atoms with Crippen LogP contribution in [0.4, 0.5) is 5.82 Å². The second-order valence-electron chi connectivity index (χ2n) is 4.25. The molecule has 0 amide bonds. The second kappa shape index (κ2) is 5.74. The highest BCUT2D eigenvalue weighted by Crippen LogP contribution is 2.27. The Hall–Kier alpha value is -1.45. The minimum Gasteiger partial charge on any atom is -0.477 e. The molecule has 2 heterocycles. The van der Waals surface area contributed by atoms with Gasteiger partial charge in [-0.1, -0.05) is 0 Å². The fourth-order valence-electron chi connectivity index (χ4n) is 1.59. The predicted octanol–water partition coefficient (Wildman–Crippen LogP) is 3.02. The summed E-state index contributed by atoms with van der Waals surface area (Å²) >= 11 is 3.99. The predicted molar refractivity (Wildman–Crippen MR) is 83.5 cm³/mol. The largest absolute Gasteiger partial charge is 0.477 e. The average molecular weight is 391 g/mol. The fraction of sp³-hybridized carbons (Fsp3) is 0.167. The number of carbonyl (C=O) groups is 1. The molecule has 2 aromatic heterocycles. The Kier molecular flexibility index (Phi) is 4.35. The van der Waals surface area contributed by atoms with Crippen LogP contribution >= 0.6 is 27.3 Å². The molecule has 0 aliphatic heterocycles. The zero-order chi connectivity index (χ0) is 15.8. The molecule has 0 radical (unpaired) electrons. The van der Waals surface area contributed by atoms with Gasteiger partial charge in [0.05, 0.1) is 5.69 Å². The molecule has 0 spiro atoms. The number of aromatic nitrogens is 1. The Morgan fingerprint density at radius 2 is 2.05 bits per heavy atom. The van der Waals surface area contributed by atoms with Crippen molar-refractivity contribution in [3.63, 3.8) is 0 Å². The minimum absolute atomic E-state index is 0.00956. The van der Waals surface area contributed by atoms with Crippen LogP contribution in [-0.2, 0) is 10.0 Å². The van der Waals surface area contributed by atoms with Crippen molar-refractivity contribution in [1.82, 2.24) is 4.98 Å². The van der Waals surface area contributed by atoms with Crippen molar-refractivity contribution >= 4 is 49.1 Å². The van der Waals surface area contributed by atoms with Crippen LogP contribution in [0.25, 0.3) is 0 Å². The highest BCUT2D eigenvalue weighted by Gasteiger charge is 2.22. The maximum absolute atomic E-state index is 12.2. The van der Waals surface area contributed by atoms with E-state index in [0.29, 0.717) is 22.6 Å². The van der Waals surface area contributed by atoms with E-state index in [1.165, 1.54) is 12.1 Å². The lowest BCUT2D eigenvalue weighted by molar-refractivity contribution is 0.0701. The topological polar surface area (TPSA) is 96.4 Å². The quantitative estimate of drug-likeness (QED) is 0.835. The zero-order valence-electron chi connectivity index (χ0n) is 11.0. The third-order valence-electron chi connectivity index (χ3n) is 2.61. The Bertz CT molecular complexity index is 815. The minimum atomic E-state index is -3.85. The van der Waals surface area contributed by atoms with Crippen LogP contribution in [0.2, 0.25) is 0 Å². The van der Waals surface area contributed by atoms with Crippen molar-refractivity contribution in [2.75, 3.05) is 4.72 Å². The van der Waals surface area contributed by atoms with E-state index in [9.17, 15) is 13.2 Å². The van der Waals surface area contributed by atoms with Gasteiger partial charge in [-0.3, -0.25) is 4.72 Å². The number of pyridine rings is 1. The molecule has 0 aliphatic rings. The summed E-state index contributed by atoms with van der Waals surface area (Å²) in [6.45, 7) is 3.29. The van der Waals surface area contributed by atoms with Gasteiger partial charge in [0.15, 0.2) is 0 Å². The summed E-state index contributed by atoms with van der Waals surface area (Å²) in [6.07, 6.45) is 0. The van der Waals surface area contributed by atoms with Gasteiger partial charge < -0.3 is 5.11 Å². The molecule has 0 aromatic carbocycles. The molecule has 6 nitrogen and oxygen atoms in total. The molecule has 0 fully saturated rings. The van der Waals surface area contributed by atoms with Gasteiger partial charge in [-0.25, -0.2) is 18.2 Å². The SMILES string of the molecule is Cc1cc(S(=O)(=O)Nc2ccc(Br)c(C)n2)sc1C(=O)O. The van der Waals surface area contributed by atoms with Gasteiger partial charge in [0.2, 0.25) is 0 Å². The molecule has 21 heavy (non-hydrogen) atoms. The first-order chi connectivity index (χ1) is 9.70. The van der Waals surface area contributed by atoms with Crippen molar-refractivity contribution in [1.29, 1.82) is 0 Å². The molecule has 2 aromatic rings. The van der Waals surface area contributed by atoms with E-state index >= 15 is 0 Å². The molecule has 0 unspecified atom stereocenters. The van der Waals surface area contributed by atoms with Gasteiger partial charge in [0.25, 0.3) is 10.0 Å². The van der Waals surface area contributed by atoms with Crippen molar-refractivity contribution < 1.29 is 18.3 Å². The third-order valence-corrected chi connectivity index (χ3v) is 6.51. The number of aromatic carboxylic acids is 1. The summed E-state index contributed by atoms with van der Waals surface area (Å²) in [4.78, 5) is 15.1. The van der Waals surface area contributed by atoms with Crippen molar-refractivity contribution in [2.45, 2.75) is 18.1 Å². The number of carboxylic acid groups (broad SMARTS) is 1. The van der Waals surface area contributed by atoms with Gasteiger partial charge in [-0.05, 0) is 53.5 Å². The van der Waals surface area contributed by atoms with Crippen molar-refractivity contribution in [3.8, 4) is 0 Å². The molecular formula is C12H11BrN2O4S2. The first kappa shape index (κ1) is 15.9. The number of hydrogen-bond donors (Lipinski definition) is 2. The van der Waals surface area contributed by atoms with E-state index in [-0.39, 0.29) is 14.9 Å². The lowest BCUT2D eigenvalue weighted by Crippen LogP contribution is -2.12. The maximum Gasteiger partial charge on any atom is 0.346 e. The maximum atomic E-state index is 12.2. The standard InChI is InChI=1S/C12H11BrN2O4S2/c1-6-5-10(20-11(6)12(16)17)21(18,19)15-9-4-3-8(13)7(2)14-9/h3-5H,1-2H3,(H,14,15)(H,16,17). The van der Waals surface area contributed by atoms with Gasteiger partial charge >= 0.3 is 5.97 Å². The van der Waals surface area contributed by atoms with Crippen molar-refractivity contribution in [2.24, 2.45) is 0 Å². The number of nitrogens with zero attached hydrogens (tertiary/aromatic N) is 1. The average Bonchev–Trinajstić information content (AvgIpc) is 2.77. The Morgan fingerprint density at radius 1 is 1.38 bits per heavy atom. The summed E-state index contributed by atoms with van der Waals surface area (Å²) in [5, 5.41) is 8.98. The van der Waals surface area contributed by atoms with Crippen LogP contribution in [-0.4, -0.2) is 24.5 Å². The zero-order valence-corrected chi connectivity index (χ0v) is 14.3. The molecule has 2 N–H and O–H groups in total. The number of nitrogens with one attached hydrogen (secondary N) is 1. The summed E-state index contributed by atoms with van der Waals surface area (Å²) in [6, 6.07) is 4.54. The lowest BCUT2D eigenvalue weighted by atomic mass is 10.3. The number of rotatable bonds is 4. The number of anilines is 1. The molecule has 9 heteroatoms. The highest BCUT2D eigenvalue weighted by atomic mass is 79.9. The van der Waals surface area contributed by atoms with E-state index in [1.807, 2.05) is 0 Å². The Morgan fingerprint density at radius 3 is 2.57 bits per heavy atom. The van der Waals surface area contributed by atoms with E-state index in [1.54, 1.807) is 19.9 Å². The molecule has 112 valence electrons. The molecule has 0 saturated carbocycles. The van der Waals surface area contributed by atoms with E-state index < -0.39 is 16.0 Å². The molecule has 0 atom stereocenters. The van der Waals surface area contributed by atoms with Gasteiger partial charge in [-0.2, -0.15) is 0 Å². The smallest absolute Gasteiger partial charge is 0.346 e.